The molecule has 1 aromatic heterocycles. The van der Waals surface area contributed by atoms with Crippen molar-refractivity contribution in [2.45, 2.75) is 0 Å². The molecule has 8 heteroatoms. The van der Waals surface area contributed by atoms with Gasteiger partial charge in [-0.1, -0.05) is 18.2 Å². The van der Waals surface area contributed by atoms with E-state index in [4.69, 9.17) is 23.1 Å². The third-order valence-electron chi connectivity index (χ3n) is 2.92. The van der Waals surface area contributed by atoms with Crippen molar-refractivity contribution in [3.63, 3.8) is 0 Å². The average Bonchev–Trinajstić information content (AvgIpc) is 2.42. The van der Waals surface area contributed by atoms with Gasteiger partial charge in [-0.2, -0.15) is 15.0 Å². The van der Waals surface area contributed by atoms with Gasteiger partial charge in [0, 0.05) is 5.39 Å². The maximum absolute atomic E-state index is 10.2. The van der Waals surface area contributed by atoms with E-state index < -0.39 is 0 Å². The highest BCUT2D eigenvalue weighted by Gasteiger charge is 2.10. The van der Waals surface area contributed by atoms with E-state index in [2.05, 4.69) is 20.3 Å². The number of phenolic OH excluding ortho intramolecular Hbond substituents is 1. The molecule has 0 bridgehead atoms. The van der Waals surface area contributed by atoms with Gasteiger partial charge in [-0.3, -0.25) is 0 Å². The van der Waals surface area contributed by atoms with Crippen LogP contribution >= 0.6 is 11.6 Å². The molecule has 0 radical (unpaired) electrons. The molecule has 3 aromatic rings. The second-order valence-electron chi connectivity index (χ2n) is 4.32. The third-order valence-corrected chi connectivity index (χ3v) is 3.09. The number of nitrogens with two attached hydrogens (primary N) is 2. The molecule has 21 heavy (non-hydrogen) atoms. The van der Waals surface area contributed by atoms with Crippen molar-refractivity contribution >= 4 is 45.6 Å². The molecule has 7 nitrogen and oxygen atoms in total. The number of halogens is 1. The highest BCUT2D eigenvalue weighted by Crippen LogP contribution is 2.36. The summed E-state index contributed by atoms with van der Waals surface area (Å²) >= 11 is 5.74. The Kier molecular flexibility index (Phi) is 3.11. The van der Waals surface area contributed by atoms with Crippen molar-refractivity contribution in [3.8, 4) is 5.75 Å². The first kappa shape index (κ1) is 13.2. The number of nitrogen functional groups attached to an aromatic ring is 2. The molecule has 0 spiro atoms. The Balaban J connectivity index is 2.14. The van der Waals surface area contributed by atoms with Gasteiger partial charge < -0.3 is 21.9 Å². The second-order valence-corrected chi connectivity index (χ2v) is 4.66. The van der Waals surface area contributed by atoms with Crippen LogP contribution in [-0.4, -0.2) is 20.1 Å². The standard InChI is InChI=1S/C13H11ClN6O/c14-11-18-12(16)20-13(19-11)17-8-3-1-2-6-4-5-7(15)10(21)9(6)8/h1-5,21H,15H2,(H3,16,17,18,19,20). The summed E-state index contributed by atoms with van der Waals surface area (Å²) in [7, 11) is 0. The van der Waals surface area contributed by atoms with E-state index in [9.17, 15) is 5.11 Å². The van der Waals surface area contributed by atoms with E-state index in [1.54, 1.807) is 12.1 Å². The number of hydrogen-bond donors (Lipinski definition) is 4. The summed E-state index contributed by atoms with van der Waals surface area (Å²) in [5.41, 5.74) is 12.1. The molecule has 0 unspecified atom stereocenters. The van der Waals surface area contributed by atoms with Crippen molar-refractivity contribution < 1.29 is 5.11 Å². The largest absolute Gasteiger partial charge is 0.505 e. The van der Waals surface area contributed by atoms with Crippen LogP contribution in [0.1, 0.15) is 0 Å². The van der Waals surface area contributed by atoms with Crippen molar-refractivity contribution in [3.05, 3.63) is 35.6 Å². The van der Waals surface area contributed by atoms with Crippen LogP contribution in [0.4, 0.5) is 23.3 Å². The first-order valence-corrected chi connectivity index (χ1v) is 6.36. The highest BCUT2D eigenvalue weighted by molar-refractivity contribution is 6.28. The Morgan fingerprint density at radius 2 is 1.86 bits per heavy atom. The quantitative estimate of drug-likeness (QED) is 0.423. The molecule has 6 N–H and O–H groups in total. The molecule has 3 rings (SSSR count). The van der Waals surface area contributed by atoms with Crippen LogP contribution in [0.2, 0.25) is 5.28 Å². The minimum atomic E-state index is -0.0195. The smallest absolute Gasteiger partial charge is 0.233 e. The SMILES string of the molecule is Nc1nc(Cl)nc(Nc2cccc3ccc(N)c(O)c23)n1. The van der Waals surface area contributed by atoms with E-state index in [1.165, 1.54) is 0 Å². The molecule has 0 amide bonds. The molecule has 106 valence electrons. The maximum atomic E-state index is 10.2. The van der Waals surface area contributed by atoms with Crippen LogP contribution in [0, 0.1) is 0 Å². The number of phenols is 1. The minimum Gasteiger partial charge on any atom is -0.505 e. The Bertz CT molecular complexity index is 818. The number of hydrogen-bond acceptors (Lipinski definition) is 7. The fourth-order valence-electron chi connectivity index (χ4n) is 2.02. The molecule has 0 aliphatic carbocycles. The van der Waals surface area contributed by atoms with Crippen LogP contribution in [0.5, 0.6) is 5.75 Å². The normalized spacial score (nSPS) is 10.7. The lowest BCUT2D eigenvalue weighted by atomic mass is 10.1. The zero-order chi connectivity index (χ0) is 15.0. The highest BCUT2D eigenvalue weighted by atomic mass is 35.5. The van der Waals surface area contributed by atoms with Crippen molar-refractivity contribution in [1.29, 1.82) is 0 Å². The first-order valence-electron chi connectivity index (χ1n) is 5.99. The Morgan fingerprint density at radius 1 is 1.05 bits per heavy atom. The number of nitrogens with zero attached hydrogens (tertiary/aromatic N) is 3. The molecule has 0 aliphatic rings. The van der Waals surface area contributed by atoms with Gasteiger partial charge in [-0.15, -0.1) is 0 Å². The number of anilines is 4. The topological polar surface area (TPSA) is 123 Å². The number of rotatable bonds is 2. The molecule has 0 saturated heterocycles. The van der Waals surface area contributed by atoms with Crippen LogP contribution in [0.15, 0.2) is 30.3 Å². The molecule has 0 fully saturated rings. The summed E-state index contributed by atoms with van der Waals surface area (Å²) < 4.78 is 0. The van der Waals surface area contributed by atoms with E-state index in [1.807, 2.05) is 18.2 Å². The Morgan fingerprint density at radius 3 is 2.62 bits per heavy atom. The Hall–Kier alpha value is -2.80. The Labute approximate surface area is 124 Å². The van der Waals surface area contributed by atoms with Gasteiger partial charge in [0.15, 0.2) is 0 Å². The second kappa shape index (κ2) is 4.95. The van der Waals surface area contributed by atoms with Crippen LogP contribution in [-0.2, 0) is 0 Å². The number of aromatic nitrogens is 3. The van der Waals surface area contributed by atoms with Gasteiger partial charge >= 0.3 is 0 Å². The zero-order valence-electron chi connectivity index (χ0n) is 10.7. The van der Waals surface area contributed by atoms with E-state index in [0.717, 1.165) is 5.39 Å². The van der Waals surface area contributed by atoms with E-state index >= 15 is 0 Å². The molecular formula is C13H11ClN6O. The number of aromatic hydroxyl groups is 1. The fraction of sp³-hybridized carbons (Fsp3) is 0. The molecule has 0 aliphatic heterocycles. The predicted octanol–water partition coefficient (Wildman–Crippen LogP) is 2.29. The predicted molar refractivity (Wildman–Crippen MR) is 82.6 cm³/mol. The molecular weight excluding hydrogens is 292 g/mol. The van der Waals surface area contributed by atoms with Gasteiger partial charge in [0.05, 0.1) is 11.4 Å². The number of benzene rings is 2. The summed E-state index contributed by atoms with van der Waals surface area (Å²) in [5.74, 6) is 0.173. The van der Waals surface area contributed by atoms with Crippen LogP contribution in [0.3, 0.4) is 0 Å². The van der Waals surface area contributed by atoms with Crippen molar-refractivity contribution in [1.82, 2.24) is 15.0 Å². The molecule has 0 atom stereocenters. The van der Waals surface area contributed by atoms with Crippen molar-refractivity contribution in [2.24, 2.45) is 0 Å². The molecule has 0 saturated carbocycles. The fourth-order valence-corrected chi connectivity index (χ4v) is 2.19. The van der Waals surface area contributed by atoms with Crippen molar-refractivity contribution in [2.75, 3.05) is 16.8 Å². The number of nitrogens with one attached hydrogen (secondary N) is 1. The number of fused-ring (bicyclic) bond motifs is 1. The third kappa shape index (κ3) is 2.46. The zero-order valence-corrected chi connectivity index (χ0v) is 11.5. The molecule has 2 aromatic carbocycles. The average molecular weight is 303 g/mol. The first-order chi connectivity index (χ1) is 10.0. The van der Waals surface area contributed by atoms with Gasteiger partial charge in [0.25, 0.3) is 0 Å². The lowest BCUT2D eigenvalue weighted by Gasteiger charge is -2.11. The maximum Gasteiger partial charge on any atom is 0.233 e. The van der Waals surface area contributed by atoms with Crippen LogP contribution in [0.25, 0.3) is 10.8 Å². The van der Waals surface area contributed by atoms with Crippen LogP contribution < -0.4 is 16.8 Å². The lowest BCUT2D eigenvalue weighted by Crippen LogP contribution is -2.03. The van der Waals surface area contributed by atoms with Gasteiger partial charge in [-0.05, 0) is 29.1 Å². The summed E-state index contributed by atoms with van der Waals surface area (Å²) in [6, 6.07) is 8.89. The van der Waals surface area contributed by atoms with Gasteiger partial charge in [0.1, 0.15) is 5.75 Å². The van der Waals surface area contributed by atoms with Gasteiger partial charge in [0.2, 0.25) is 17.2 Å². The monoisotopic (exact) mass is 302 g/mol. The minimum absolute atomic E-state index is 0.00136. The van der Waals surface area contributed by atoms with E-state index in [-0.39, 0.29) is 28.6 Å². The summed E-state index contributed by atoms with van der Waals surface area (Å²) in [5, 5.41) is 14.5. The summed E-state index contributed by atoms with van der Waals surface area (Å²) in [4.78, 5) is 11.5. The van der Waals surface area contributed by atoms with Gasteiger partial charge in [-0.25, -0.2) is 0 Å². The molecule has 1 heterocycles. The lowest BCUT2D eigenvalue weighted by molar-refractivity contribution is 0.484. The van der Waals surface area contributed by atoms with E-state index in [0.29, 0.717) is 11.1 Å². The summed E-state index contributed by atoms with van der Waals surface area (Å²) in [6.07, 6.45) is 0. The summed E-state index contributed by atoms with van der Waals surface area (Å²) in [6.45, 7) is 0.